The minimum Gasteiger partial charge on any atom is -0.392 e. The van der Waals surface area contributed by atoms with E-state index in [4.69, 9.17) is 5.11 Å². The van der Waals surface area contributed by atoms with E-state index in [1.165, 1.54) is 11.1 Å². The number of rotatable bonds is 3. The minimum atomic E-state index is 0.149. The van der Waals surface area contributed by atoms with Crippen LogP contribution in [0.15, 0.2) is 35.9 Å². The Morgan fingerprint density at radius 1 is 1.36 bits per heavy atom. The fourth-order valence-corrected chi connectivity index (χ4v) is 1.45. The van der Waals surface area contributed by atoms with Gasteiger partial charge in [-0.1, -0.05) is 48.4 Å². The Morgan fingerprint density at radius 3 is 2.43 bits per heavy atom. The molecule has 1 rings (SSSR count). The third-order valence-corrected chi connectivity index (χ3v) is 2.39. The Labute approximate surface area is 86.1 Å². The summed E-state index contributed by atoms with van der Waals surface area (Å²) in [4.78, 5) is 0. The second-order valence-electron chi connectivity index (χ2n) is 3.87. The van der Waals surface area contributed by atoms with Gasteiger partial charge in [-0.2, -0.15) is 0 Å². The Morgan fingerprint density at radius 2 is 1.93 bits per heavy atom. The summed E-state index contributed by atoms with van der Waals surface area (Å²) < 4.78 is 0. The second kappa shape index (κ2) is 4.97. The van der Waals surface area contributed by atoms with Crippen molar-refractivity contribution in [1.82, 2.24) is 0 Å². The van der Waals surface area contributed by atoms with Crippen molar-refractivity contribution in [1.29, 1.82) is 0 Å². The van der Waals surface area contributed by atoms with Gasteiger partial charge in [-0.25, -0.2) is 0 Å². The van der Waals surface area contributed by atoms with Gasteiger partial charge in [-0.3, -0.25) is 0 Å². The quantitative estimate of drug-likeness (QED) is 0.726. The lowest BCUT2D eigenvalue weighted by Crippen LogP contribution is -1.93. The summed E-state index contributed by atoms with van der Waals surface area (Å²) in [5.74, 6) is 0.378. The van der Waals surface area contributed by atoms with Gasteiger partial charge in [0, 0.05) is 0 Å². The van der Waals surface area contributed by atoms with Crippen LogP contribution in [0.4, 0.5) is 0 Å². The van der Waals surface area contributed by atoms with Crippen molar-refractivity contribution in [2.75, 3.05) is 6.61 Å². The molecule has 1 nitrogen and oxygen atoms in total. The molecule has 0 radical (unpaired) electrons. The van der Waals surface area contributed by atoms with Gasteiger partial charge in [0.1, 0.15) is 0 Å². The summed E-state index contributed by atoms with van der Waals surface area (Å²) in [6.45, 7) is 6.33. The summed E-state index contributed by atoms with van der Waals surface area (Å²) in [7, 11) is 0. The highest BCUT2D eigenvalue weighted by Gasteiger charge is 2.01. The van der Waals surface area contributed by atoms with Crippen molar-refractivity contribution in [3.63, 3.8) is 0 Å². The second-order valence-corrected chi connectivity index (χ2v) is 3.87. The summed E-state index contributed by atoms with van der Waals surface area (Å²) in [5, 5.41) is 8.91. The number of benzene rings is 1. The average Bonchev–Trinajstić information content (AvgIpc) is 2.18. The number of aliphatic hydroxyl groups is 1. The van der Waals surface area contributed by atoms with E-state index in [2.05, 4.69) is 44.2 Å². The van der Waals surface area contributed by atoms with Gasteiger partial charge in [-0.15, -0.1) is 0 Å². The van der Waals surface area contributed by atoms with Crippen LogP contribution in [0.2, 0.25) is 0 Å². The van der Waals surface area contributed by atoms with Crippen LogP contribution in [0, 0.1) is 6.92 Å². The highest BCUT2D eigenvalue weighted by Crippen LogP contribution is 2.18. The van der Waals surface area contributed by atoms with Gasteiger partial charge in [-0.05, 0) is 25.3 Å². The number of aliphatic hydroxyl groups excluding tert-OH is 1. The molecular formula is C13H18O. The van der Waals surface area contributed by atoms with Crippen molar-refractivity contribution in [2.45, 2.75) is 26.7 Å². The Hall–Kier alpha value is -1.08. The first-order chi connectivity index (χ1) is 6.63. The fourth-order valence-electron chi connectivity index (χ4n) is 1.45. The first kappa shape index (κ1) is 11.0. The van der Waals surface area contributed by atoms with Crippen LogP contribution in [0.3, 0.4) is 0 Å². The summed E-state index contributed by atoms with van der Waals surface area (Å²) >= 11 is 0. The van der Waals surface area contributed by atoms with Gasteiger partial charge < -0.3 is 5.11 Å². The van der Waals surface area contributed by atoms with Gasteiger partial charge in [0.05, 0.1) is 6.61 Å². The van der Waals surface area contributed by atoms with Crippen molar-refractivity contribution in [3.05, 3.63) is 47.0 Å². The normalized spacial score (nSPS) is 14.1. The molecule has 0 saturated carbocycles. The molecule has 0 aromatic heterocycles. The van der Waals surface area contributed by atoms with Crippen LogP contribution in [0.1, 0.15) is 30.9 Å². The lowest BCUT2D eigenvalue weighted by atomic mass is 9.98. The number of allylic oxidation sites excluding steroid dienone is 1. The van der Waals surface area contributed by atoms with Crippen molar-refractivity contribution in [2.24, 2.45) is 0 Å². The maximum absolute atomic E-state index is 8.91. The Balaban J connectivity index is 2.79. The maximum atomic E-state index is 8.91. The molecule has 0 saturated heterocycles. The molecule has 0 amide bonds. The first-order valence-electron chi connectivity index (χ1n) is 4.98. The van der Waals surface area contributed by atoms with E-state index in [0.717, 1.165) is 5.57 Å². The Bertz CT molecular complexity index is 309. The van der Waals surface area contributed by atoms with Gasteiger partial charge in [0.2, 0.25) is 0 Å². The zero-order valence-corrected chi connectivity index (χ0v) is 9.12. The summed E-state index contributed by atoms with van der Waals surface area (Å²) in [5.41, 5.74) is 3.60. The molecule has 0 heterocycles. The van der Waals surface area contributed by atoms with Crippen LogP contribution in [0.25, 0.3) is 0 Å². The van der Waals surface area contributed by atoms with E-state index in [0.29, 0.717) is 5.92 Å². The van der Waals surface area contributed by atoms with E-state index in [1.54, 1.807) is 0 Å². The standard InChI is InChI=1S/C13H18O/c1-10-4-6-13(7-5-10)12(3)8-11(2)9-14/h4-8,12,14H,9H2,1-3H3/b11-8+. The van der Waals surface area contributed by atoms with Crippen molar-refractivity contribution >= 4 is 0 Å². The third kappa shape index (κ3) is 3.00. The lowest BCUT2D eigenvalue weighted by Gasteiger charge is -2.08. The van der Waals surface area contributed by atoms with Gasteiger partial charge in [0.25, 0.3) is 0 Å². The predicted molar refractivity (Wildman–Crippen MR) is 60.4 cm³/mol. The zero-order chi connectivity index (χ0) is 10.6. The molecule has 0 fully saturated rings. The summed E-state index contributed by atoms with van der Waals surface area (Å²) in [6.07, 6.45) is 2.10. The third-order valence-electron chi connectivity index (χ3n) is 2.39. The number of aryl methyl sites for hydroxylation is 1. The number of hydrogen-bond acceptors (Lipinski definition) is 1. The molecule has 1 unspecified atom stereocenters. The molecule has 1 aromatic rings. The van der Waals surface area contributed by atoms with Crippen LogP contribution in [-0.2, 0) is 0 Å². The molecule has 0 spiro atoms. The highest BCUT2D eigenvalue weighted by molar-refractivity contribution is 5.27. The molecule has 76 valence electrons. The smallest absolute Gasteiger partial charge is 0.0639 e. The Kier molecular flexibility index (Phi) is 3.90. The van der Waals surface area contributed by atoms with Gasteiger partial charge >= 0.3 is 0 Å². The molecule has 0 bridgehead atoms. The zero-order valence-electron chi connectivity index (χ0n) is 9.12. The van der Waals surface area contributed by atoms with Crippen LogP contribution in [0.5, 0.6) is 0 Å². The highest BCUT2D eigenvalue weighted by atomic mass is 16.3. The topological polar surface area (TPSA) is 20.2 Å². The molecule has 0 aliphatic heterocycles. The van der Waals surface area contributed by atoms with Gasteiger partial charge in [0.15, 0.2) is 0 Å². The predicted octanol–water partition coefficient (Wildman–Crippen LogP) is 3.04. The monoisotopic (exact) mass is 190 g/mol. The van der Waals surface area contributed by atoms with Crippen LogP contribution >= 0.6 is 0 Å². The SMILES string of the molecule is C/C(=C\C(C)c1ccc(C)cc1)CO. The first-order valence-corrected chi connectivity index (χ1v) is 4.98. The molecule has 1 N–H and O–H groups in total. The molecule has 0 aliphatic rings. The van der Waals surface area contributed by atoms with Crippen LogP contribution < -0.4 is 0 Å². The fraction of sp³-hybridized carbons (Fsp3) is 0.385. The van der Waals surface area contributed by atoms with Crippen molar-refractivity contribution in [3.8, 4) is 0 Å². The molecule has 1 atom stereocenters. The minimum absolute atomic E-state index is 0.149. The summed E-state index contributed by atoms with van der Waals surface area (Å²) in [6, 6.07) is 8.52. The van der Waals surface area contributed by atoms with E-state index in [-0.39, 0.29) is 6.61 Å². The molecule has 0 aliphatic carbocycles. The number of hydrogen-bond donors (Lipinski definition) is 1. The lowest BCUT2D eigenvalue weighted by molar-refractivity contribution is 0.330. The van der Waals surface area contributed by atoms with E-state index in [1.807, 2.05) is 6.92 Å². The van der Waals surface area contributed by atoms with Crippen molar-refractivity contribution < 1.29 is 5.11 Å². The molecular weight excluding hydrogens is 172 g/mol. The van der Waals surface area contributed by atoms with E-state index >= 15 is 0 Å². The van der Waals surface area contributed by atoms with E-state index < -0.39 is 0 Å². The largest absolute Gasteiger partial charge is 0.392 e. The van der Waals surface area contributed by atoms with Crippen LogP contribution in [-0.4, -0.2) is 11.7 Å². The molecule has 1 aromatic carbocycles. The molecule has 14 heavy (non-hydrogen) atoms. The maximum Gasteiger partial charge on any atom is 0.0639 e. The van der Waals surface area contributed by atoms with E-state index in [9.17, 15) is 0 Å². The average molecular weight is 190 g/mol. The molecule has 1 heteroatoms.